The van der Waals surface area contributed by atoms with Crippen LogP contribution in [0.3, 0.4) is 0 Å². The molecule has 0 aromatic carbocycles. The van der Waals surface area contributed by atoms with Crippen molar-refractivity contribution in [1.82, 2.24) is 19.7 Å². The lowest BCUT2D eigenvalue weighted by molar-refractivity contribution is -0.486. The molecule has 2 fully saturated rings. The Bertz CT molecular complexity index is 836. The highest BCUT2D eigenvalue weighted by molar-refractivity contribution is 7.15. The van der Waals surface area contributed by atoms with Crippen molar-refractivity contribution in [2.24, 2.45) is 16.0 Å². The maximum absolute atomic E-state index is 10.5. The molecular formula is C17H25ClN8O4S. The molecule has 12 nitrogen and oxygen atoms in total. The normalized spacial score (nSPS) is 20.3. The second kappa shape index (κ2) is 12.4. The molecule has 1 aromatic heterocycles. The minimum absolute atomic E-state index is 0.324. The van der Waals surface area contributed by atoms with E-state index in [9.17, 15) is 10.1 Å². The molecule has 0 N–H and O–H groups in total. The summed E-state index contributed by atoms with van der Waals surface area (Å²) in [5, 5.41) is 21.6. The molecule has 14 heteroatoms. The van der Waals surface area contributed by atoms with E-state index in [1.807, 2.05) is 11.9 Å². The van der Waals surface area contributed by atoms with Crippen LogP contribution in [-0.4, -0.2) is 83.8 Å². The first-order chi connectivity index (χ1) is 14.8. The minimum Gasteiger partial charge on any atom is -0.381 e. The Kier molecular flexibility index (Phi) is 9.86. The van der Waals surface area contributed by atoms with Crippen molar-refractivity contribution in [2.45, 2.75) is 19.9 Å². The van der Waals surface area contributed by atoms with Gasteiger partial charge in [0.25, 0.3) is 5.96 Å². The fourth-order valence-electron chi connectivity index (χ4n) is 2.89. The number of nitriles is 1. The summed E-state index contributed by atoms with van der Waals surface area (Å²) >= 11 is 7.12. The van der Waals surface area contributed by atoms with Gasteiger partial charge in [-0.15, -0.1) is 11.3 Å². The van der Waals surface area contributed by atoms with Gasteiger partial charge in [0.15, 0.2) is 9.50 Å². The second-order valence-electron chi connectivity index (χ2n) is 6.94. The number of aliphatic imine (C=N–C) groups is 1. The molecule has 0 bridgehead atoms. The van der Waals surface area contributed by atoms with Gasteiger partial charge < -0.3 is 24.2 Å². The van der Waals surface area contributed by atoms with Crippen LogP contribution in [-0.2, 0) is 16.0 Å². The molecule has 0 aliphatic carbocycles. The van der Waals surface area contributed by atoms with Crippen LogP contribution >= 0.6 is 22.9 Å². The van der Waals surface area contributed by atoms with Crippen molar-refractivity contribution in [3.05, 3.63) is 25.7 Å². The number of halogens is 1. The standard InChI is InChI=1S/C9H16N4O4.C8H9ClN4S/c1-11-6-17-7-12(9(11)10-13(14)15)4-8-2-3-16-5-8;1-6(12-5-10)13(2)4-7-3-11-8(9)14-7/h8H,2-7H2,1H3;3H,4H2,1-2H3/b10-9+;. The molecule has 2 aliphatic rings. The average Bonchev–Trinajstić information content (AvgIpc) is 3.37. The molecule has 3 rings (SSSR count). The zero-order valence-corrected chi connectivity index (χ0v) is 19.2. The molecule has 0 amide bonds. The highest BCUT2D eigenvalue weighted by atomic mass is 35.5. The Balaban J connectivity index is 0.000000225. The summed E-state index contributed by atoms with van der Waals surface area (Å²) in [6.07, 6.45) is 4.45. The van der Waals surface area contributed by atoms with Gasteiger partial charge in [-0.1, -0.05) is 11.6 Å². The third-order valence-electron chi connectivity index (χ3n) is 4.51. The summed E-state index contributed by atoms with van der Waals surface area (Å²) in [7, 11) is 3.59. The Morgan fingerprint density at radius 1 is 1.55 bits per heavy atom. The Hall–Kier alpha value is -2.53. The fourth-order valence-corrected chi connectivity index (χ4v) is 3.92. The van der Waals surface area contributed by atoms with Crippen LogP contribution in [0, 0.1) is 27.5 Å². The van der Waals surface area contributed by atoms with Gasteiger partial charge in [0.05, 0.1) is 13.2 Å². The molecule has 1 atom stereocenters. The number of guanidine groups is 1. The van der Waals surface area contributed by atoms with E-state index in [2.05, 4.69) is 15.1 Å². The van der Waals surface area contributed by atoms with Crippen molar-refractivity contribution in [1.29, 1.82) is 5.26 Å². The molecule has 1 unspecified atom stereocenters. The summed E-state index contributed by atoms with van der Waals surface area (Å²) in [6.45, 7) is 5.25. The van der Waals surface area contributed by atoms with Crippen molar-refractivity contribution in [3.8, 4) is 6.19 Å². The van der Waals surface area contributed by atoms with Crippen LogP contribution in [0.5, 0.6) is 0 Å². The van der Waals surface area contributed by atoms with Gasteiger partial charge in [-0.3, -0.25) is 0 Å². The maximum atomic E-state index is 10.5. The zero-order chi connectivity index (χ0) is 22.8. The molecule has 31 heavy (non-hydrogen) atoms. The van der Waals surface area contributed by atoms with Crippen molar-refractivity contribution < 1.29 is 14.5 Å². The summed E-state index contributed by atoms with van der Waals surface area (Å²) in [5.74, 6) is 1.42. The SMILES string of the molecule is CC(=NC#N)N(C)Cc1cnc(Cl)s1.CN1COCN(CC2CCOC2)/C1=N/[N+](=O)[O-]. The van der Waals surface area contributed by atoms with Gasteiger partial charge in [0, 0.05) is 44.2 Å². The van der Waals surface area contributed by atoms with Gasteiger partial charge in [-0.2, -0.15) is 10.3 Å². The highest BCUT2D eigenvalue weighted by Crippen LogP contribution is 2.19. The predicted molar refractivity (Wildman–Crippen MR) is 116 cm³/mol. The van der Waals surface area contributed by atoms with Crippen molar-refractivity contribution in [2.75, 3.05) is 47.3 Å². The van der Waals surface area contributed by atoms with Gasteiger partial charge >= 0.3 is 0 Å². The average molecular weight is 473 g/mol. The molecule has 0 saturated carbocycles. The predicted octanol–water partition coefficient (Wildman–Crippen LogP) is 1.88. The van der Waals surface area contributed by atoms with Crippen LogP contribution in [0.2, 0.25) is 4.47 Å². The lowest BCUT2D eigenvalue weighted by atomic mass is 10.1. The van der Waals surface area contributed by atoms with Crippen LogP contribution in [0.25, 0.3) is 0 Å². The van der Waals surface area contributed by atoms with Crippen LogP contribution < -0.4 is 0 Å². The molecular weight excluding hydrogens is 448 g/mol. The number of thiazole rings is 1. The number of nitro groups is 1. The van der Waals surface area contributed by atoms with E-state index >= 15 is 0 Å². The van der Waals surface area contributed by atoms with Gasteiger partial charge in [0.1, 0.15) is 24.4 Å². The molecule has 3 heterocycles. The second-order valence-corrected chi connectivity index (χ2v) is 8.64. The number of hydrazone groups is 1. The summed E-state index contributed by atoms with van der Waals surface area (Å²) in [4.78, 5) is 24.4. The Morgan fingerprint density at radius 2 is 2.32 bits per heavy atom. The first-order valence-electron chi connectivity index (χ1n) is 9.39. The first kappa shape index (κ1) is 24.7. The number of hydrogen-bond donors (Lipinski definition) is 0. The van der Waals surface area contributed by atoms with Crippen LogP contribution in [0.1, 0.15) is 18.2 Å². The highest BCUT2D eigenvalue weighted by Gasteiger charge is 2.28. The van der Waals surface area contributed by atoms with E-state index in [-0.39, 0.29) is 0 Å². The summed E-state index contributed by atoms with van der Waals surface area (Å²) in [5.41, 5.74) is 0. The Labute approximate surface area is 189 Å². The molecule has 170 valence electrons. The van der Waals surface area contributed by atoms with Gasteiger partial charge in [-0.05, 0) is 13.3 Å². The van der Waals surface area contributed by atoms with Gasteiger partial charge in [-0.25, -0.2) is 15.1 Å². The third kappa shape index (κ3) is 8.25. The molecule has 1 aromatic rings. The topological polar surface area (TPSA) is 133 Å². The van der Waals surface area contributed by atoms with Crippen LogP contribution in [0.4, 0.5) is 0 Å². The maximum Gasteiger partial charge on any atom is 0.277 e. The number of rotatable bonds is 5. The molecule has 0 radical (unpaired) electrons. The van der Waals surface area contributed by atoms with Gasteiger partial charge in [0.2, 0.25) is 6.19 Å². The lowest BCUT2D eigenvalue weighted by Gasteiger charge is -2.35. The van der Waals surface area contributed by atoms with E-state index < -0.39 is 5.03 Å². The quantitative estimate of drug-likeness (QED) is 0.207. The third-order valence-corrected chi connectivity index (χ3v) is 5.61. The number of hydrogen-bond acceptors (Lipinski definition) is 8. The van der Waals surface area contributed by atoms with E-state index in [4.69, 9.17) is 26.3 Å². The summed E-state index contributed by atoms with van der Waals surface area (Å²) in [6, 6.07) is 0. The minimum atomic E-state index is -0.671. The summed E-state index contributed by atoms with van der Waals surface area (Å²) < 4.78 is 11.1. The van der Waals surface area contributed by atoms with E-state index in [0.717, 1.165) is 17.9 Å². The monoisotopic (exact) mass is 472 g/mol. The first-order valence-corrected chi connectivity index (χ1v) is 10.6. The molecule has 0 spiro atoms. The molecule has 2 aliphatic heterocycles. The van der Waals surface area contributed by atoms with E-state index in [1.54, 1.807) is 36.2 Å². The van der Waals surface area contributed by atoms with Crippen molar-refractivity contribution in [3.63, 3.8) is 0 Å². The number of amidine groups is 1. The van der Waals surface area contributed by atoms with E-state index in [0.29, 0.717) is 55.3 Å². The zero-order valence-electron chi connectivity index (χ0n) is 17.6. The number of ether oxygens (including phenoxy) is 2. The van der Waals surface area contributed by atoms with Crippen LogP contribution in [0.15, 0.2) is 16.3 Å². The molecule has 2 saturated heterocycles. The lowest BCUT2D eigenvalue weighted by Crippen LogP contribution is -2.51. The van der Waals surface area contributed by atoms with E-state index in [1.165, 1.54) is 11.3 Å². The smallest absolute Gasteiger partial charge is 0.277 e. The number of aromatic nitrogens is 1. The largest absolute Gasteiger partial charge is 0.381 e. The van der Waals surface area contributed by atoms with Crippen molar-refractivity contribution >= 4 is 34.7 Å². The number of nitrogens with zero attached hydrogens (tertiary/aromatic N) is 8. The fraction of sp³-hybridized carbons (Fsp3) is 0.647. The Morgan fingerprint density at radius 3 is 2.90 bits per heavy atom.